The first-order valence-corrected chi connectivity index (χ1v) is 15.1. The lowest BCUT2D eigenvalue weighted by Gasteiger charge is -2.20. The van der Waals surface area contributed by atoms with Crippen LogP contribution in [0.3, 0.4) is 0 Å². The van der Waals surface area contributed by atoms with Crippen LogP contribution in [-0.2, 0) is 4.79 Å². The summed E-state index contributed by atoms with van der Waals surface area (Å²) in [6.07, 6.45) is 32.4. The van der Waals surface area contributed by atoms with Crippen LogP contribution in [0.4, 0.5) is 0 Å². The van der Waals surface area contributed by atoms with Gasteiger partial charge in [-0.2, -0.15) is 0 Å². The molecule has 0 fully saturated rings. The molecule has 0 rings (SSSR count). The molecule has 0 unspecified atom stereocenters. The molecule has 4 heteroatoms. The van der Waals surface area contributed by atoms with Crippen LogP contribution < -0.4 is 5.32 Å². The van der Waals surface area contributed by atoms with Gasteiger partial charge in [0.1, 0.15) is 0 Å². The second-order valence-electron chi connectivity index (χ2n) is 10.2. The number of rotatable bonds is 26. The van der Waals surface area contributed by atoms with E-state index >= 15 is 0 Å². The van der Waals surface area contributed by atoms with Crippen molar-refractivity contribution >= 4 is 5.91 Å². The average Bonchev–Trinajstić information content (AvgIpc) is 2.86. The maximum atomic E-state index is 12.2. The van der Waals surface area contributed by atoms with Crippen molar-refractivity contribution in [1.29, 1.82) is 0 Å². The molecule has 0 heterocycles. The molecule has 0 saturated heterocycles. The van der Waals surface area contributed by atoms with Crippen molar-refractivity contribution in [2.24, 2.45) is 0 Å². The minimum absolute atomic E-state index is 0.0723. The van der Waals surface area contributed by atoms with Gasteiger partial charge in [0, 0.05) is 6.42 Å². The first-order valence-electron chi connectivity index (χ1n) is 15.1. The van der Waals surface area contributed by atoms with E-state index in [-0.39, 0.29) is 12.5 Å². The zero-order chi connectivity index (χ0) is 25.8. The molecule has 3 N–H and O–H groups in total. The molecule has 0 aromatic rings. The van der Waals surface area contributed by atoms with Gasteiger partial charge in [0.25, 0.3) is 0 Å². The Morgan fingerprint density at radius 2 is 1.14 bits per heavy atom. The minimum atomic E-state index is -0.836. The van der Waals surface area contributed by atoms with Gasteiger partial charge in [-0.3, -0.25) is 4.79 Å². The van der Waals surface area contributed by atoms with Crippen molar-refractivity contribution < 1.29 is 15.0 Å². The first-order chi connectivity index (χ1) is 17.2. The lowest BCUT2D eigenvalue weighted by molar-refractivity contribution is -0.123. The van der Waals surface area contributed by atoms with Crippen LogP contribution in [0.15, 0.2) is 24.3 Å². The van der Waals surface area contributed by atoms with Gasteiger partial charge in [-0.25, -0.2) is 0 Å². The SMILES string of the molecule is CCC/C=C/CCCCCCCC/C=C/[C@@H](O)[C@H](CO)NC(=O)CCCCCCCCCCCC. The van der Waals surface area contributed by atoms with Crippen LogP contribution >= 0.6 is 0 Å². The summed E-state index contributed by atoms with van der Waals surface area (Å²) in [5.74, 6) is -0.0723. The maximum absolute atomic E-state index is 12.2. The largest absolute Gasteiger partial charge is 0.394 e. The Morgan fingerprint density at radius 1 is 0.657 bits per heavy atom. The third kappa shape index (κ3) is 24.3. The normalized spacial score (nSPS) is 13.6. The number of hydrogen-bond donors (Lipinski definition) is 3. The van der Waals surface area contributed by atoms with Crippen LogP contribution in [0.2, 0.25) is 0 Å². The van der Waals surface area contributed by atoms with E-state index in [0.717, 1.165) is 25.7 Å². The standard InChI is InChI=1S/C31H59NO3/c1-3-5-7-9-11-13-15-16-17-18-20-22-24-26-30(34)29(28-33)32-31(35)27-25-23-21-19-14-12-10-8-6-4-2/h7,9,24,26,29-30,33-34H,3-6,8,10-23,25,27-28H2,1-2H3,(H,32,35)/b9-7+,26-24+/t29-,30+/m0/s1. The Balaban J connectivity index is 3.70. The molecule has 0 aliphatic heterocycles. The maximum Gasteiger partial charge on any atom is 0.220 e. The second kappa shape index (κ2) is 27.5. The summed E-state index contributed by atoms with van der Waals surface area (Å²) >= 11 is 0. The third-order valence-corrected chi connectivity index (χ3v) is 6.66. The van der Waals surface area contributed by atoms with Crippen molar-refractivity contribution in [1.82, 2.24) is 5.32 Å². The predicted octanol–water partition coefficient (Wildman–Crippen LogP) is 8.17. The molecule has 0 radical (unpaired) electrons. The third-order valence-electron chi connectivity index (χ3n) is 6.66. The smallest absolute Gasteiger partial charge is 0.220 e. The average molecular weight is 494 g/mol. The van der Waals surface area contributed by atoms with Gasteiger partial charge in [-0.1, -0.05) is 128 Å². The Morgan fingerprint density at radius 3 is 1.69 bits per heavy atom. The van der Waals surface area contributed by atoms with Gasteiger partial charge in [-0.05, 0) is 38.5 Å². The molecule has 0 aliphatic carbocycles. The van der Waals surface area contributed by atoms with Crippen LogP contribution in [0.25, 0.3) is 0 Å². The summed E-state index contributed by atoms with van der Waals surface area (Å²) < 4.78 is 0. The van der Waals surface area contributed by atoms with Crippen molar-refractivity contribution in [3.05, 3.63) is 24.3 Å². The second-order valence-corrected chi connectivity index (χ2v) is 10.2. The van der Waals surface area contributed by atoms with E-state index in [1.807, 2.05) is 6.08 Å². The van der Waals surface area contributed by atoms with E-state index in [2.05, 4.69) is 31.3 Å². The fourth-order valence-corrected chi connectivity index (χ4v) is 4.29. The fraction of sp³-hybridized carbons (Fsp3) is 0.839. The molecule has 0 aromatic carbocycles. The number of carbonyl (C=O) groups excluding carboxylic acids is 1. The molecule has 0 spiro atoms. The summed E-state index contributed by atoms with van der Waals surface area (Å²) in [6.45, 7) is 4.21. The highest BCUT2D eigenvalue weighted by Gasteiger charge is 2.17. The lowest BCUT2D eigenvalue weighted by atomic mass is 10.1. The lowest BCUT2D eigenvalue weighted by Crippen LogP contribution is -2.45. The molecule has 0 bridgehead atoms. The van der Waals surface area contributed by atoms with Crippen LogP contribution in [0.1, 0.15) is 149 Å². The zero-order valence-electron chi connectivity index (χ0n) is 23.3. The van der Waals surface area contributed by atoms with E-state index in [1.54, 1.807) is 6.08 Å². The molecule has 206 valence electrons. The molecule has 0 aromatic heterocycles. The summed E-state index contributed by atoms with van der Waals surface area (Å²) in [4.78, 5) is 12.2. The number of aliphatic hydroxyl groups is 2. The monoisotopic (exact) mass is 493 g/mol. The highest BCUT2D eigenvalue weighted by atomic mass is 16.3. The number of amides is 1. The molecule has 0 aliphatic rings. The number of carbonyl (C=O) groups is 1. The van der Waals surface area contributed by atoms with E-state index in [9.17, 15) is 15.0 Å². The van der Waals surface area contributed by atoms with Gasteiger partial charge in [0.05, 0.1) is 18.8 Å². The van der Waals surface area contributed by atoms with Crippen molar-refractivity contribution in [3.8, 4) is 0 Å². The van der Waals surface area contributed by atoms with Gasteiger partial charge in [0.15, 0.2) is 0 Å². The van der Waals surface area contributed by atoms with Crippen LogP contribution in [0.5, 0.6) is 0 Å². The zero-order valence-corrected chi connectivity index (χ0v) is 23.3. The number of nitrogens with one attached hydrogen (secondary N) is 1. The minimum Gasteiger partial charge on any atom is -0.394 e. The van der Waals surface area contributed by atoms with Crippen molar-refractivity contribution in [2.75, 3.05) is 6.61 Å². The number of aliphatic hydroxyl groups excluding tert-OH is 2. The van der Waals surface area contributed by atoms with Gasteiger partial charge < -0.3 is 15.5 Å². The fourth-order valence-electron chi connectivity index (χ4n) is 4.29. The molecule has 35 heavy (non-hydrogen) atoms. The first kappa shape index (κ1) is 33.9. The highest BCUT2D eigenvalue weighted by Crippen LogP contribution is 2.12. The van der Waals surface area contributed by atoms with Gasteiger partial charge in [0.2, 0.25) is 5.91 Å². The summed E-state index contributed by atoms with van der Waals surface area (Å²) in [5.41, 5.74) is 0. The summed E-state index contributed by atoms with van der Waals surface area (Å²) in [5, 5.41) is 22.7. The van der Waals surface area contributed by atoms with Crippen LogP contribution in [0, 0.1) is 0 Å². The Hall–Kier alpha value is -1.13. The molecule has 1 amide bonds. The predicted molar refractivity (Wildman–Crippen MR) is 152 cm³/mol. The van der Waals surface area contributed by atoms with Gasteiger partial charge >= 0.3 is 0 Å². The topological polar surface area (TPSA) is 69.6 Å². The van der Waals surface area contributed by atoms with Crippen molar-refractivity contribution in [2.45, 2.75) is 161 Å². The van der Waals surface area contributed by atoms with Gasteiger partial charge in [-0.15, -0.1) is 0 Å². The van der Waals surface area contributed by atoms with E-state index in [1.165, 1.54) is 103 Å². The quantitative estimate of drug-likeness (QED) is 0.0840. The van der Waals surface area contributed by atoms with E-state index < -0.39 is 12.1 Å². The Labute approximate surface area is 218 Å². The van der Waals surface area contributed by atoms with Crippen LogP contribution in [-0.4, -0.2) is 34.9 Å². The highest BCUT2D eigenvalue weighted by molar-refractivity contribution is 5.76. The summed E-state index contributed by atoms with van der Waals surface area (Å²) in [7, 11) is 0. The van der Waals surface area contributed by atoms with Crippen molar-refractivity contribution in [3.63, 3.8) is 0 Å². The number of allylic oxidation sites excluding steroid dienone is 3. The molecular weight excluding hydrogens is 434 g/mol. The van der Waals surface area contributed by atoms with E-state index in [4.69, 9.17) is 0 Å². The Kier molecular flexibility index (Phi) is 26.6. The molecule has 4 nitrogen and oxygen atoms in total. The number of hydrogen-bond acceptors (Lipinski definition) is 3. The summed E-state index contributed by atoms with van der Waals surface area (Å²) in [6, 6.07) is -0.617. The van der Waals surface area contributed by atoms with E-state index in [0.29, 0.717) is 6.42 Å². The number of unbranched alkanes of at least 4 members (excludes halogenated alkanes) is 17. The molecule has 2 atom stereocenters. The Bertz CT molecular complexity index is 503. The molecular formula is C31H59NO3. The molecule has 0 saturated carbocycles.